The van der Waals surface area contributed by atoms with Crippen molar-refractivity contribution in [1.82, 2.24) is 9.80 Å². The largest absolute Gasteiger partial charge is 0.497 e. The van der Waals surface area contributed by atoms with Crippen LogP contribution in [0, 0.1) is 18.3 Å². The van der Waals surface area contributed by atoms with Gasteiger partial charge in [-0.2, -0.15) is 5.26 Å². The SMILES string of the molecule is COc1ccc2c(c1)Oc1cc(C)ccc1N=C2N1CCN(C(=O)c2cccc(C#N)c2)[C@H](C)C1. The van der Waals surface area contributed by atoms with Crippen molar-refractivity contribution in [2.45, 2.75) is 19.9 Å². The molecule has 176 valence electrons. The van der Waals surface area contributed by atoms with E-state index >= 15 is 0 Å². The van der Waals surface area contributed by atoms with Gasteiger partial charge in [-0.25, -0.2) is 4.99 Å². The van der Waals surface area contributed by atoms with E-state index in [1.54, 1.807) is 31.4 Å². The molecule has 2 heterocycles. The van der Waals surface area contributed by atoms with Crippen LogP contribution >= 0.6 is 0 Å². The Morgan fingerprint density at radius 3 is 2.74 bits per heavy atom. The monoisotopic (exact) mass is 466 g/mol. The van der Waals surface area contributed by atoms with Crippen LogP contribution in [-0.2, 0) is 0 Å². The molecule has 0 radical (unpaired) electrons. The molecule has 1 atom stereocenters. The summed E-state index contributed by atoms with van der Waals surface area (Å²) in [5, 5.41) is 9.19. The molecule has 2 aliphatic rings. The Labute approximate surface area is 204 Å². The Kier molecular flexibility index (Phi) is 5.87. The third-order valence-corrected chi connectivity index (χ3v) is 6.42. The maximum absolute atomic E-state index is 13.2. The second-order valence-corrected chi connectivity index (χ2v) is 8.86. The van der Waals surface area contributed by atoms with Crippen molar-refractivity contribution in [3.8, 4) is 23.3 Å². The lowest BCUT2D eigenvalue weighted by atomic mass is 10.1. The fourth-order valence-electron chi connectivity index (χ4n) is 4.57. The van der Waals surface area contributed by atoms with Crippen molar-refractivity contribution in [3.63, 3.8) is 0 Å². The number of nitrogens with zero attached hydrogens (tertiary/aromatic N) is 4. The fourth-order valence-corrected chi connectivity index (χ4v) is 4.57. The molecule has 3 aromatic carbocycles. The Bertz CT molecular complexity index is 1370. The van der Waals surface area contributed by atoms with Gasteiger partial charge in [0.05, 0.1) is 24.3 Å². The average molecular weight is 467 g/mol. The van der Waals surface area contributed by atoms with Crippen molar-refractivity contribution in [3.05, 3.63) is 82.9 Å². The minimum Gasteiger partial charge on any atom is -0.497 e. The number of carbonyl (C=O) groups excluding carboxylic acids is 1. The maximum Gasteiger partial charge on any atom is 0.254 e. The summed E-state index contributed by atoms with van der Waals surface area (Å²) in [5.74, 6) is 2.85. The first-order valence-electron chi connectivity index (χ1n) is 11.6. The summed E-state index contributed by atoms with van der Waals surface area (Å²) in [6.07, 6.45) is 0. The van der Waals surface area contributed by atoms with Gasteiger partial charge >= 0.3 is 0 Å². The molecule has 1 saturated heterocycles. The van der Waals surface area contributed by atoms with E-state index in [9.17, 15) is 10.1 Å². The highest BCUT2D eigenvalue weighted by atomic mass is 16.5. The summed E-state index contributed by atoms with van der Waals surface area (Å²) in [6, 6.07) is 20.7. The Morgan fingerprint density at radius 1 is 1.11 bits per heavy atom. The number of aliphatic imine (C=N–C) groups is 1. The quantitative estimate of drug-likeness (QED) is 0.537. The van der Waals surface area contributed by atoms with E-state index in [2.05, 4.69) is 11.0 Å². The predicted molar refractivity (Wildman–Crippen MR) is 134 cm³/mol. The molecule has 3 aromatic rings. The molecule has 0 aliphatic carbocycles. The standard InChI is InChI=1S/C28H26N4O3/c1-18-7-10-24-26(13-18)35-25-15-22(34-3)8-9-23(25)27(30-24)31-11-12-32(19(2)17-31)28(33)21-6-4-5-20(14-21)16-29/h4-10,13-15,19H,11-12,17H2,1-3H3/t19-/m1/s1. The fraction of sp³-hybridized carbons (Fsp3) is 0.250. The van der Waals surface area contributed by atoms with Gasteiger partial charge < -0.3 is 19.3 Å². The zero-order valence-electron chi connectivity index (χ0n) is 20.0. The first kappa shape index (κ1) is 22.5. The van der Waals surface area contributed by atoms with Crippen LogP contribution in [0.4, 0.5) is 5.69 Å². The van der Waals surface area contributed by atoms with Crippen LogP contribution in [0.3, 0.4) is 0 Å². The maximum atomic E-state index is 13.2. The number of carbonyl (C=O) groups is 1. The van der Waals surface area contributed by atoms with Crippen LogP contribution in [0.5, 0.6) is 17.2 Å². The van der Waals surface area contributed by atoms with Crippen molar-refractivity contribution >= 4 is 17.4 Å². The molecule has 1 fully saturated rings. The van der Waals surface area contributed by atoms with Crippen LogP contribution < -0.4 is 9.47 Å². The number of hydrogen-bond donors (Lipinski definition) is 0. The van der Waals surface area contributed by atoms with E-state index in [0.29, 0.717) is 48.0 Å². The minimum atomic E-state index is -0.0636. The van der Waals surface area contributed by atoms with E-state index in [4.69, 9.17) is 14.5 Å². The summed E-state index contributed by atoms with van der Waals surface area (Å²) < 4.78 is 11.7. The normalized spacial score (nSPS) is 16.7. The van der Waals surface area contributed by atoms with Crippen LogP contribution in [-0.4, -0.2) is 54.3 Å². The number of amides is 1. The molecule has 0 saturated carbocycles. The first-order chi connectivity index (χ1) is 17.0. The number of rotatable bonds is 2. The summed E-state index contributed by atoms with van der Waals surface area (Å²) in [6.45, 7) is 5.85. The molecule has 0 unspecified atom stereocenters. The van der Waals surface area contributed by atoms with Gasteiger partial charge in [0.15, 0.2) is 5.75 Å². The van der Waals surface area contributed by atoms with Crippen LogP contribution in [0.15, 0.2) is 65.7 Å². The molecule has 0 aromatic heterocycles. The lowest BCUT2D eigenvalue weighted by Gasteiger charge is -2.41. The Morgan fingerprint density at radius 2 is 1.97 bits per heavy atom. The highest BCUT2D eigenvalue weighted by Gasteiger charge is 2.32. The van der Waals surface area contributed by atoms with Gasteiger partial charge in [-0.1, -0.05) is 12.1 Å². The van der Waals surface area contributed by atoms with Gasteiger partial charge in [-0.05, 0) is 61.9 Å². The zero-order valence-corrected chi connectivity index (χ0v) is 20.0. The number of amidine groups is 1. The smallest absolute Gasteiger partial charge is 0.254 e. The second-order valence-electron chi connectivity index (χ2n) is 8.86. The molecule has 5 rings (SSSR count). The van der Waals surface area contributed by atoms with E-state index in [0.717, 1.165) is 22.6 Å². The minimum absolute atomic E-state index is 0.0481. The molecule has 0 spiro atoms. The zero-order chi connectivity index (χ0) is 24.5. The van der Waals surface area contributed by atoms with Crippen molar-refractivity contribution in [1.29, 1.82) is 5.26 Å². The van der Waals surface area contributed by atoms with E-state index in [1.165, 1.54) is 0 Å². The number of ether oxygens (including phenoxy) is 2. The number of aryl methyl sites for hydroxylation is 1. The highest BCUT2D eigenvalue weighted by Crippen LogP contribution is 2.40. The lowest BCUT2D eigenvalue weighted by Crippen LogP contribution is -2.55. The number of fused-ring (bicyclic) bond motifs is 2. The molecule has 1 amide bonds. The summed E-state index contributed by atoms with van der Waals surface area (Å²) in [5.41, 5.74) is 3.75. The average Bonchev–Trinajstić information content (AvgIpc) is 3.04. The summed E-state index contributed by atoms with van der Waals surface area (Å²) in [7, 11) is 1.63. The van der Waals surface area contributed by atoms with Gasteiger partial charge in [0.1, 0.15) is 23.0 Å². The third kappa shape index (κ3) is 4.31. The lowest BCUT2D eigenvalue weighted by molar-refractivity contribution is 0.0581. The number of hydrogen-bond acceptors (Lipinski definition) is 6. The van der Waals surface area contributed by atoms with Crippen LogP contribution in [0.2, 0.25) is 0 Å². The number of nitriles is 1. The summed E-state index contributed by atoms with van der Waals surface area (Å²) >= 11 is 0. The van der Waals surface area contributed by atoms with Gasteiger partial charge in [-0.3, -0.25) is 4.79 Å². The topological polar surface area (TPSA) is 78.2 Å². The molecule has 35 heavy (non-hydrogen) atoms. The van der Waals surface area contributed by atoms with Gasteiger partial charge in [0.2, 0.25) is 0 Å². The van der Waals surface area contributed by atoms with Crippen molar-refractivity contribution in [2.75, 3.05) is 26.7 Å². The Hall–Kier alpha value is -4.31. The second kappa shape index (κ2) is 9.15. The third-order valence-electron chi connectivity index (χ3n) is 6.42. The van der Waals surface area contributed by atoms with E-state index in [-0.39, 0.29) is 11.9 Å². The number of piperazine rings is 1. The Balaban J connectivity index is 1.46. The molecular formula is C28H26N4O3. The molecule has 7 nitrogen and oxygen atoms in total. The van der Waals surface area contributed by atoms with Gasteiger partial charge in [0, 0.05) is 37.3 Å². The first-order valence-corrected chi connectivity index (χ1v) is 11.6. The van der Waals surface area contributed by atoms with Crippen molar-refractivity contribution < 1.29 is 14.3 Å². The molecule has 7 heteroatoms. The highest BCUT2D eigenvalue weighted by molar-refractivity contribution is 6.04. The van der Waals surface area contributed by atoms with E-state index in [1.807, 2.05) is 55.1 Å². The number of benzene rings is 3. The van der Waals surface area contributed by atoms with Gasteiger partial charge in [0.25, 0.3) is 5.91 Å². The molecular weight excluding hydrogens is 440 g/mol. The van der Waals surface area contributed by atoms with Gasteiger partial charge in [-0.15, -0.1) is 0 Å². The van der Waals surface area contributed by atoms with Crippen molar-refractivity contribution in [2.24, 2.45) is 4.99 Å². The molecule has 0 bridgehead atoms. The number of methoxy groups -OCH3 is 1. The summed E-state index contributed by atoms with van der Waals surface area (Å²) in [4.78, 5) is 22.3. The van der Waals surface area contributed by atoms with Crippen LogP contribution in [0.25, 0.3) is 0 Å². The molecule has 2 aliphatic heterocycles. The van der Waals surface area contributed by atoms with E-state index < -0.39 is 0 Å². The predicted octanol–water partition coefficient (Wildman–Crippen LogP) is 4.91. The molecule has 0 N–H and O–H groups in total. The van der Waals surface area contributed by atoms with Crippen LogP contribution in [0.1, 0.15) is 34.0 Å².